The lowest BCUT2D eigenvalue weighted by molar-refractivity contribution is 0.0161. The molecule has 0 fully saturated rings. The van der Waals surface area contributed by atoms with Gasteiger partial charge >= 0.3 is 0 Å². The van der Waals surface area contributed by atoms with E-state index in [0.717, 1.165) is 6.07 Å². The minimum atomic E-state index is -1.13. The highest BCUT2D eigenvalue weighted by molar-refractivity contribution is 7.80. The Kier molecular flexibility index (Phi) is 5.21. The Balaban J connectivity index is 2.93. The summed E-state index contributed by atoms with van der Waals surface area (Å²) in [7, 11) is 0. The molecule has 1 aromatic rings. The number of benzene rings is 1. The van der Waals surface area contributed by atoms with Crippen LogP contribution in [0.1, 0.15) is 23.7 Å². The molecule has 2 atom stereocenters. The van der Waals surface area contributed by atoms with Gasteiger partial charge in [0.2, 0.25) is 0 Å². The third kappa shape index (κ3) is 3.18. The first-order valence-electron chi connectivity index (χ1n) is 4.96. The van der Waals surface area contributed by atoms with Crippen LogP contribution in [-0.4, -0.2) is 27.2 Å². The monoisotopic (exact) mass is 246 g/mol. The Morgan fingerprint density at radius 2 is 2.00 bits per heavy atom. The van der Waals surface area contributed by atoms with Gasteiger partial charge in [0.15, 0.2) is 0 Å². The molecule has 0 saturated carbocycles. The standard InChI is InChI=1S/C11H15FO3S/c12-8-1-2-9(7(5-8)6-13)11(15)10(14)3-4-16/h1-2,5,10-11,13-16H,3-4,6H2. The first kappa shape index (κ1) is 13.4. The maximum absolute atomic E-state index is 12.9. The van der Waals surface area contributed by atoms with Crippen LogP contribution in [0.2, 0.25) is 0 Å². The number of thiol groups is 1. The van der Waals surface area contributed by atoms with Crippen LogP contribution in [0.3, 0.4) is 0 Å². The average Bonchev–Trinajstić information content (AvgIpc) is 2.28. The molecule has 0 aromatic heterocycles. The Morgan fingerprint density at radius 3 is 2.56 bits per heavy atom. The van der Waals surface area contributed by atoms with E-state index in [9.17, 15) is 14.6 Å². The fraction of sp³-hybridized carbons (Fsp3) is 0.455. The summed E-state index contributed by atoms with van der Waals surface area (Å²) in [5.74, 6) is -0.0443. The molecule has 0 aliphatic rings. The van der Waals surface area contributed by atoms with Crippen molar-refractivity contribution >= 4 is 12.6 Å². The van der Waals surface area contributed by atoms with Crippen LogP contribution in [0.4, 0.5) is 4.39 Å². The molecule has 2 unspecified atom stereocenters. The number of hydrogen-bond donors (Lipinski definition) is 4. The Labute approximate surface area is 99.0 Å². The van der Waals surface area contributed by atoms with Crippen LogP contribution >= 0.6 is 12.6 Å². The van der Waals surface area contributed by atoms with Crippen LogP contribution in [0.25, 0.3) is 0 Å². The summed E-state index contributed by atoms with van der Waals surface area (Å²) in [6, 6.07) is 3.70. The Morgan fingerprint density at radius 1 is 1.31 bits per heavy atom. The van der Waals surface area contributed by atoms with Crippen LogP contribution in [0.5, 0.6) is 0 Å². The zero-order chi connectivity index (χ0) is 12.1. The zero-order valence-corrected chi connectivity index (χ0v) is 9.57. The lowest BCUT2D eigenvalue weighted by atomic mass is 9.97. The maximum Gasteiger partial charge on any atom is 0.123 e. The molecular weight excluding hydrogens is 231 g/mol. The number of aliphatic hydroxyl groups excluding tert-OH is 3. The van der Waals surface area contributed by atoms with Gasteiger partial charge in [-0.05, 0) is 35.4 Å². The molecular formula is C11H15FO3S. The number of hydrogen-bond acceptors (Lipinski definition) is 4. The SMILES string of the molecule is OCc1cc(F)ccc1C(O)C(O)CCS. The predicted molar refractivity (Wildman–Crippen MR) is 61.8 cm³/mol. The molecule has 0 bridgehead atoms. The fourth-order valence-electron chi connectivity index (χ4n) is 1.50. The summed E-state index contributed by atoms with van der Waals surface area (Å²) in [4.78, 5) is 0. The van der Waals surface area contributed by atoms with Crippen molar-refractivity contribution in [3.63, 3.8) is 0 Å². The van der Waals surface area contributed by atoms with E-state index in [1.54, 1.807) is 0 Å². The van der Waals surface area contributed by atoms with Crippen molar-refractivity contribution in [3.8, 4) is 0 Å². The van der Waals surface area contributed by atoms with E-state index < -0.39 is 18.0 Å². The summed E-state index contributed by atoms with van der Waals surface area (Å²) in [5, 5.41) is 28.4. The lowest BCUT2D eigenvalue weighted by Gasteiger charge is -2.19. The molecule has 0 aliphatic carbocycles. The van der Waals surface area contributed by atoms with Gasteiger partial charge in [0, 0.05) is 0 Å². The van der Waals surface area contributed by atoms with E-state index in [2.05, 4.69) is 12.6 Å². The van der Waals surface area contributed by atoms with Crippen molar-refractivity contribution < 1.29 is 19.7 Å². The molecule has 3 nitrogen and oxygen atoms in total. The van der Waals surface area contributed by atoms with E-state index in [1.807, 2.05) is 0 Å². The van der Waals surface area contributed by atoms with Gasteiger partial charge in [-0.15, -0.1) is 0 Å². The molecule has 3 N–H and O–H groups in total. The van der Waals surface area contributed by atoms with Crippen molar-refractivity contribution in [2.45, 2.75) is 25.2 Å². The molecule has 1 aromatic carbocycles. The first-order chi connectivity index (χ1) is 7.60. The quantitative estimate of drug-likeness (QED) is 0.587. The van der Waals surface area contributed by atoms with Crippen molar-refractivity contribution in [1.82, 2.24) is 0 Å². The fourth-order valence-corrected chi connectivity index (χ4v) is 1.76. The molecule has 90 valence electrons. The Bertz CT molecular complexity index is 346. The molecule has 0 heterocycles. The van der Waals surface area contributed by atoms with Crippen molar-refractivity contribution in [1.29, 1.82) is 0 Å². The minimum absolute atomic E-state index is 0.283. The smallest absolute Gasteiger partial charge is 0.123 e. The van der Waals surface area contributed by atoms with Gasteiger partial charge in [-0.2, -0.15) is 12.6 Å². The molecule has 0 saturated heterocycles. The molecule has 0 amide bonds. The van der Waals surface area contributed by atoms with E-state index in [0.29, 0.717) is 17.7 Å². The average molecular weight is 246 g/mol. The van der Waals surface area contributed by atoms with E-state index in [1.165, 1.54) is 12.1 Å². The summed E-state index contributed by atoms with van der Waals surface area (Å²) in [6.45, 7) is -0.377. The van der Waals surface area contributed by atoms with Crippen molar-refractivity contribution in [2.75, 3.05) is 5.75 Å². The highest BCUT2D eigenvalue weighted by Gasteiger charge is 2.20. The van der Waals surface area contributed by atoms with Crippen LogP contribution in [0.15, 0.2) is 18.2 Å². The third-order valence-corrected chi connectivity index (χ3v) is 2.64. The summed E-state index contributed by atoms with van der Waals surface area (Å²) >= 11 is 3.95. The van der Waals surface area contributed by atoms with Crippen LogP contribution in [-0.2, 0) is 6.61 Å². The summed E-state index contributed by atoms with van der Waals surface area (Å²) < 4.78 is 12.9. The molecule has 16 heavy (non-hydrogen) atoms. The largest absolute Gasteiger partial charge is 0.392 e. The van der Waals surface area contributed by atoms with E-state index in [-0.39, 0.29) is 12.2 Å². The van der Waals surface area contributed by atoms with Gasteiger partial charge in [0.25, 0.3) is 0 Å². The van der Waals surface area contributed by atoms with Gasteiger partial charge in [-0.3, -0.25) is 0 Å². The van der Waals surface area contributed by atoms with Crippen LogP contribution in [0, 0.1) is 5.82 Å². The maximum atomic E-state index is 12.9. The highest BCUT2D eigenvalue weighted by Crippen LogP contribution is 2.23. The second-order valence-electron chi connectivity index (χ2n) is 3.53. The predicted octanol–water partition coefficient (Wildman–Crippen LogP) is 1.03. The number of halogens is 1. The second kappa shape index (κ2) is 6.20. The van der Waals surface area contributed by atoms with E-state index >= 15 is 0 Å². The summed E-state index contributed by atoms with van der Waals surface area (Å²) in [6.07, 6.45) is -1.77. The highest BCUT2D eigenvalue weighted by atomic mass is 32.1. The van der Waals surface area contributed by atoms with Crippen LogP contribution < -0.4 is 0 Å². The number of aliphatic hydroxyl groups is 3. The molecule has 0 radical (unpaired) electrons. The minimum Gasteiger partial charge on any atom is -0.392 e. The van der Waals surface area contributed by atoms with Gasteiger partial charge in [0.05, 0.1) is 12.7 Å². The van der Waals surface area contributed by atoms with Crippen molar-refractivity contribution in [2.24, 2.45) is 0 Å². The second-order valence-corrected chi connectivity index (χ2v) is 3.97. The topological polar surface area (TPSA) is 60.7 Å². The number of rotatable bonds is 5. The molecule has 0 aliphatic heterocycles. The first-order valence-corrected chi connectivity index (χ1v) is 5.59. The van der Waals surface area contributed by atoms with Gasteiger partial charge in [-0.1, -0.05) is 6.07 Å². The molecule has 1 rings (SSSR count). The molecule has 0 spiro atoms. The van der Waals surface area contributed by atoms with Gasteiger partial charge in [0.1, 0.15) is 11.9 Å². The molecule has 5 heteroatoms. The van der Waals surface area contributed by atoms with Gasteiger partial charge < -0.3 is 15.3 Å². The van der Waals surface area contributed by atoms with Crippen molar-refractivity contribution in [3.05, 3.63) is 35.1 Å². The zero-order valence-electron chi connectivity index (χ0n) is 8.67. The summed E-state index contributed by atoms with van der Waals surface area (Å²) in [5.41, 5.74) is 0.629. The van der Waals surface area contributed by atoms with E-state index in [4.69, 9.17) is 5.11 Å². The lowest BCUT2D eigenvalue weighted by Crippen LogP contribution is -2.20. The normalized spacial score (nSPS) is 14.8. The Hall–Kier alpha value is -0.620. The van der Waals surface area contributed by atoms with Gasteiger partial charge in [-0.25, -0.2) is 4.39 Å². The third-order valence-electron chi connectivity index (χ3n) is 2.38.